The average Bonchev–Trinajstić information content (AvgIpc) is 3.01. The van der Waals surface area contributed by atoms with E-state index in [1.54, 1.807) is 6.92 Å². The molecule has 0 spiro atoms. The third-order valence-corrected chi connectivity index (χ3v) is 6.96. The predicted molar refractivity (Wildman–Crippen MR) is 105 cm³/mol. The molecule has 0 aromatic carbocycles. The number of aldehydes is 1. The summed E-state index contributed by atoms with van der Waals surface area (Å²) in [7, 11) is 0. The molecule has 0 aromatic heterocycles. The number of hydrogen-bond donors (Lipinski definition) is 2. The second-order valence-corrected chi connectivity index (χ2v) is 8.84. The minimum atomic E-state index is -1.46. The third-order valence-electron chi connectivity index (χ3n) is 6.96. The van der Waals surface area contributed by atoms with E-state index in [-0.39, 0.29) is 17.6 Å². The number of aliphatic hydroxyl groups excluding tert-OH is 2. The van der Waals surface area contributed by atoms with Gasteiger partial charge in [0.25, 0.3) is 0 Å². The van der Waals surface area contributed by atoms with Crippen LogP contribution in [0.3, 0.4) is 0 Å². The fourth-order valence-corrected chi connectivity index (χ4v) is 5.28. The average molecular weight is 436 g/mol. The normalized spacial score (nSPS) is 37.7. The van der Waals surface area contributed by atoms with Gasteiger partial charge in [-0.15, -0.1) is 0 Å². The summed E-state index contributed by atoms with van der Waals surface area (Å²) in [5.74, 6) is -3.69. The molecule has 0 radical (unpaired) electrons. The lowest BCUT2D eigenvalue weighted by Gasteiger charge is -2.55. The van der Waals surface area contributed by atoms with E-state index in [9.17, 15) is 29.4 Å². The Morgan fingerprint density at radius 1 is 1.39 bits per heavy atom. The molecule has 9 nitrogen and oxygen atoms in total. The summed E-state index contributed by atoms with van der Waals surface area (Å²) < 4.78 is 15.8. The maximum atomic E-state index is 12.6. The lowest BCUT2D eigenvalue weighted by molar-refractivity contribution is -0.195. The first-order chi connectivity index (χ1) is 14.5. The molecule has 0 bridgehead atoms. The van der Waals surface area contributed by atoms with E-state index in [0.29, 0.717) is 12.8 Å². The van der Waals surface area contributed by atoms with Gasteiger partial charge in [0, 0.05) is 29.7 Å². The van der Waals surface area contributed by atoms with Crippen molar-refractivity contribution in [3.63, 3.8) is 0 Å². The van der Waals surface area contributed by atoms with Crippen LogP contribution in [0.2, 0.25) is 0 Å². The molecule has 1 aliphatic heterocycles. The first kappa shape index (κ1) is 23.1. The van der Waals surface area contributed by atoms with E-state index in [1.807, 2.05) is 0 Å². The number of rotatable bonds is 6. The Hall–Kier alpha value is -2.52. The maximum Gasteiger partial charge on any atom is 0.336 e. The molecule has 31 heavy (non-hydrogen) atoms. The summed E-state index contributed by atoms with van der Waals surface area (Å²) >= 11 is 0. The van der Waals surface area contributed by atoms with Crippen molar-refractivity contribution in [2.75, 3.05) is 6.61 Å². The molecule has 0 amide bonds. The summed E-state index contributed by atoms with van der Waals surface area (Å²) in [4.78, 5) is 47.6. The first-order valence-corrected chi connectivity index (χ1v) is 10.3. The highest BCUT2D eigenvalue weighted by Crippen LogP contribution is 2.58. The monoisotopic (exact) mass is 436 g/mol. The molecule has 1 heterocycles. The molecule has 2 N–H and O–H groups in total. The van der Waals surface area contributed by atoms with Crippen LogP contribution in [0.5, 0.6) is 0 Å². The Morgan fingerprint density at radius 2 is 2.06 bits per heavy atom. The minimum absolute atomic E-state index is 0.139. The van der Waals surface area contributed by atoms with E-state index < -0.39 is 72.1 Å². The summed E-state index contributed by atoms with van der Waals surface area (Å²) in [5.41, 5.74) is -1.00. The highest BCUT2D eigenvalue weighted by Gasteiger charge is 2.63. The number of aliphatic hydroxyl groups is 2. The van der Waals surface area contributed by atoms with E-state index >= 15 is 0 Å². The Labute approximate surface area is 180 Å². The molecule has 1 saturated heterocycles. The van der Waals surface area contributed by atoms with Crippen LogP contribution < -0.4 is 0 Å². The van der Waals surface area contributed by atoms with Gasteiger partial charge in [0.05, 0.1) is 17.6 Å². The molecule has 2 aliphatic carbocycles. The van der Waals surface area contributed by atoms with Crippen LogP contribution in [0.1, 0.15) is 33.1 Å². The molecule has 170 valence electrons. The Balaban J connectivity index is 1.85. The zero-order chi connectivity index (χ0) is 23.1. The third kappa shape index (κ3) is 4.04. The quantitative estimate of drug-likeness (QED) is 0.263. The van der Waals surface area contributed by atoms with Crippen LogP contribution in [-0.2, 0) is 33.4 Å². The molecular weight excluding hydrogens is 408 g/mol. The summed E-state index contributed by atoms with van der Waals surface area (Å²) in [6, 6.07) is 0. The Kier molecular flexibility index (Phi) is 6.38. The van der Waals surface area contributed by atoms with Gasteiger partial charge in [-0.05, 0) is 19.3 Å². The van der Waals surface area contributed by atoms with Gasteiger partial charge in [-0.3, -0.25) is 4.79 Å². The van der Waals surface area contributed by atoms with Gasteiger partial charge in [0.15, 0.2) is 0 Å². The molecule has 9 heteroatoms. The molecular formula is C22H28O9. The Morgan fingerprint density at radius 3 is 2.68 bits per heavy atom. The summed E-state index contributed by atoms with van der Waals surface area (Å²) in [6.07, 6.45) is -1.99. The van der Waals surface area contributed by atoms with Gasteiger partial charge >= 0.3 is 17.9 Å². The predicted octanol–water partition coefficient (Wildman–Crippen LogP) is 0.472. The van der Waals surface area contributed by atoms with Crippen molar-refractivity contribution in [2.45, 2.75) is 57.5 Å². The maximum absolute atomic E-state index is 12.6. The lowest BCUT2D eigenvalue weighted by atomic mass is 9.51. The zero-order valence-electron chi connectivity index (χ0n) is 17.6. The van der Waals surface area contributed by atoms with E-state index in [1.165, 1.54) is 0 Å². The second-order valence-electron chi connectivity index (χ2n) is 8.84. The van der Waals surface area contributed by atoms with Crippen LogP contribution in [-0.4, -0.2) is 65.4 Å². The van der Waals surface area contributed by atoms with Gasteiger partial charge < -0.3 is 29.2 Å². The molecule has 0 aromatic rings. The molecule has 3 aliphatic rings. The van der Waals surface area contributed by atoms with Crippen molar-refractivity contribution in [3.05, 3.63) is 24.3 Å². The van der Waals surface area contributed by atoms with Gasteiger partial charge in [-0.1, -0.05) is 20.1 Å². The highest BCUT2D eigenvalue weighted by molar-refractivity contribution is 5.92. The molecule has 8 atom stereocenters. The number of fused-ring (bicyclic) bond motifs is 3. The van der Waals surface area contributed by atoms with Crippen molar-refractivity contribution >= 4 is 24.2 Å². The molecule has 2 saturated carbocycles. The number of carbonyl (C=O) groups is 4. The fourth-order valence-electron chi connectivity index (χ4n) is 5.28. The second kappa shape index (κ2) is 8.55. The molecule has 3 rings (SSSR count). The van der Waals surface area contributed by atoms with Crippen LogP contribution in [0.25, 0.3) is 0 Å². The Bertz CT molecular complexity index is 818. The summed E-state index contributed by atoms with van der Waals surface area (Å²) in [6.45, 7) is 9.83. The van der Waals surface area contributed by atoms with Crippen LogP contribution in [0.15, 0.2) is 24.3 Å². The number of hydrogen-bond acceptors (Lipinski definition) is 9. The van der Waals surface area contributed by atoms with Crippen LogP contribution >= 0.6 is 0 Å². The number of ether oxygens (including phenoxy) is 3. The van der Waals surface area contributed by atoms with Gasteiger partial charge in [0.1, 0.15) is 31.2 Å². The standard InChI is InChI=1S/C22H28O9/c1-10(14(25)9-29-12(3)24)20(27)30-15-7-22(4)16(26)6-5-13(8-23)18(22)19-17(15)11(2)21(28)31-19/h8,13-19,25-26H,1-2,5-7,9H2,3-4H3/t13-,14+,15+,16-,17-,18-,19+,22+/m1/s1. The first-order valence-electron chi connectivity index (χ1n) is 10.3. The largest absolute Gasteiger partial charge is 0.463 e. The van der Waals surface area contributed by atoms with Gasteiger partial charge in [0.2, 0.25) is 0 Å². The highest BCUT2D eigenvalue weighted by atomic mass is 16.6. The fraction of sp³-hybridized carbons (Fsp3) is 0.636. The lowest BCUT2D eigenvalue weighted by Crippen LogP contribution is -2.60. The zero-order valence-corrected chi connectivity index (χ0v) is 17.6. The van der Waals surface area contributed by atoms with Crippen molar-refractivity contribution in [2.24, 2.45) is 23.2 Å². The van der Waals surface area contributed by atoms with Crippen molar-refractivity contribution in [1.82, 2.24) is 0 Å². The van der Waals surface area contributed by atoms with Crippen LogP contribution in [0.4, 0.5) is 0 Å². The van der Waals surface area contributed by atoms with Crippen molar-refractivity contribution in [3.8, 4) is 0 Å². The molecule has 3 fully saturated rings. The summed E-state index contributed by atoms with van der Waals surface area (Å²) in [5, 5.41) is 20.8. The SMILES string of the molecule is C=C1C(=O)O[C@H]2[C@H]1[C@@H](OC(=O)C(=C)[C@@H](O)COC(C)=O)C[C@]1(C)[C@@H]2[C@@H](C=O)CC[C@H]1O. The van der Waals surface area contributed by atoms with Crippen LogP contribution in [0, 0.1) is 23.2 Å². The van der Waals surface area contributed by atoms with Gasteiger partial charge in [-0.25, -0.2) is 9.59 Å². The van der Waals surface area contributed by atoms with E-state index in [4.69, 9.17) is 9.47 Å². The molecule has 0 unspecified atom stereocenters. The topological polar surface area (TPSA) is 136 Å². The minimum Gasteiger partial charge on any atom is -0.463 e. The number of esters is 3. The van der Waals surface area contributed by atoms with Crippen molar-refractivity contribution in [1.29, 1.82) is 0 Å². The van der Waals surface area contributed by atoms with Gasteiger partial charge in [-0.2, -0.15) is 0 Å². The van der Waals surface area contributed by atoms with E-state index in [0.717, 1.165) is 13.2 Å². The number of carbonyl (C=O) groups excluding carboxylic acids is 4. The van der Waals surface area contributed by atoms with Crippen molar-refractivity contribution < 1.29 is 43.6 Å². The van der Waals surface area contributed by atoms with E-state index in [2.05, 4.69) is 17.9 Å². The smallest absolute Gasteiger partial charge is 0.336 e.